The van der Waals surface area contributed by atoms with Gasteiger partial charge < -0.3 is 5.32 Å². The SMILES string of the molecule is Cc1nc2nc(C(F)(F)F)nn2c(C)c1CCC(=O)Nc1cc(Cl)ccc1-n1cncn1. The topological polar surface area (TPSA) is 103 Å². The van der Waals surface area contributed by atoms with E-state index < -0.39 is 12.0 Å². The molecule has 0 bridgehead atoms. The summed E-state index contributed by atoms with van der Waals surface area (Å²) in [5.41, 5.74) is 2.57. The van der Waals surface area contributed by atoms with Crippen molar-refractivity contribution in [2.24, 2.45) is 0 Å². The first kappa shape index (κ1) is 21.7. The molecule has 32 heavy (non-hydrogen) atoms. The summed E-state index contributed by atoms with van der Waals surface area (Å²) in [4.78, 5) is 24.1. The van der Waals surface area contributed by atoms with Gasteiger partial charge in [0.05, 0.1) is 11.4 Å². The number of anilines is 1. The Balaban J connectivity index is 1.54. The van der Waals surface area contributed by atoms with Crippen LogP contribution in [0, 0.1) is 13.8 Å². The zero-order chi connectivity index (χ0) is 23.0. The van der Waals surface area contributed by atoms with Crippen LogP contribution in [-0.2, 0) is 17.4 Å². The number of nitrogens with one attached hydrogen (secondary N) is 1. The standard InChI is InChI=1S/C19H16ClF3N8O/c1-10-13(11(2)31-18(26-10)28-17(29-31)19(21,22)23)4-6-16(32)27-14-7-12(20)3-5-15(14)30-9-24-8-25-30/h3,5,7-9H,4,6H2,1-2H3,(H,27,32). The Hall–Kier alpha value is -3.54. The van der Waals surface area contributed by atoms with Gasteiger partial charge in [-0.05, 0) is 44.0 Å². The van der Waals surface area contributed by atoms with Gasteiger partial charge in [0, 0.05) is 22.8 Å². The smallest absolute Gasteiger partial charge is 0.324 e. The number of aromatic nitrogens is 7. The number of alkyl halides is 3. The summed E-state index contributed by atoms with van der Waals surface area (Å²) in [6.45, 7) is 3.27. The zero-order valence-electron chi connectivity index (χ0n) is 16.9. The van der Waals surface area contributed by atoms with Crippen molar-refractivity contribution in [2.45, 2.75) is 32.9 Å². The van der Waals surface area contributed by atoms with Crippen molar-refractivity contribution < 1.29 is 18.0 Å². The number of nitrogens with zero attached hydrogens (tertiary/aromatic N) is 7. The Bertz CT molecular complexity index is 1300. The van der Waals surface area contributed by atoms with Gasteiger partial charge >= 0.3 is 6.18 Å². The number of fused-ring (bicyclic) bond motifs is 1. The van der Waals surface area contributed by atoms with Crippen LogP contribution in [0.5, 0.6) is 0 Å². The quantitative estimate of drug-likeness (QED) is 0.484. The molecule has 0 saturated carbocycles. The van der Waals surface area contributed by atoms with E-state index in [2.05, 4.69) is 30.5 Å². The van der Waals surface area contributed by atoms with Gasteiger partial charge in [-0.1, -0.05) is 11.6 Å². The molecule has 1 aromatic carbocycles. The minimum Gasteiger partial charge on any atom is -0.324 e. The molecule has 1 amide bonds. The van der Waals surface area contributed by atoms with E-state index in [0.29, 0.717) is 33.3 Å². The van der Waals surface area contributed by atoms with Crippen LogP contribution in [0.25, 0.3) is 11.5 Å². The Labute approximate surface area is 184 Å². The van der Waals surface area contributed by atoms with E-state index >= 15 is 0 Å². The third kappa shape index (κ3) is 4.26. The monoisotopic (exact) mass is 464 g/mol. The van der Waals surface area contributed by atoms with Crippen LogP contribution in [0.1, 0.15) is 29.2 Å². The molecule has 1 N–H and O–H groups in total. The molecule has 0 fully saturated rings. The second-order valence-electron chi connectivity index (χ2n) is 6.96. The molecule has 0 radical (unpaired) electrons. The molecule has 3 heterocycles. The van der Waals surface area contributed by atoms with Crippen molar-refractivity contribution in [1.29, 1.82) is 0 Å². The normalized spacial score (nSPS) is 11.8. The Morgan fingerprint density at radius 1 is 1.22 bits per heavy atom. The maximum Gasteiger partial charge on any atom is 0.453 e. The van der Waals surface area contributed by atoms with Crippen LogP contribution in [0.2, 0.25) is 5.02 Å². The van der Waals surface area contributed by atoms with Crippen molar-refractivity contribution in [3.8, 4) is 5.69 Å². The molecular weight excluding hydrogens is 449 g/mol. The fourth-order valence-electron chi connectivity index (χ4n) is 3.28. The number of amides is 1. The van der Waals surface area contributed by atoms with E-state index in [9.17, 15) is 18.0 Å². The van der Waals surface area contributed by atoms with E-state index in [1.807, 2.05) is 0 Å². The number of carbonyl (C=O) groups excluding carboxylic acids is 1. The van der Waals surface area contributed by atoms with Gasteiger partial charge in [0.2, 0.25) is 5.91 Å². The Morgan fingerprint density at radius 2 is 2.00 bits per heavy atom. The maximum atomic E-state index is 12.9. The minimum absolute atomic E-state index is 0.0546. The van der Waals surface area contributed by atoms with Gasteiger partial charge in [-0.15, -0.1) is 5.10 Å². The predicted octanol–water partition coefficient (Wildman–Crippen LogP) is 3.57. The molecule has 0 aliphatic rings. The number of benzene rings is 1. The lowest BCUT2D eigenvalue weighted by molar-refractivity contribution is -0.144. The molecule has 0 aliphatic heterocycles. The molecule has 4 aromatic rings. The number of hydrogen-bond acceptors (Lipinski definition) is 6. The van der Waals surface area contributed by atoms with E-state index in [1.165, 1.54) is 17.3 Å². The number of rotatable bonds is 5. The number of carbonyl (C=O) groups is 1. The maximum absolute atomic E-state index is 12.9. The second-order valence-corrected chi connectivity index (χ2v) is 7.39. The highest BCUT2D eigenvalue weighted by atomic mass is 35.5. The van der Waals surface area contributed by atoms with Crippen molar-refractivity contribution in [1.82, 2.24) is 34.3 Å². The number of hydrogen-bond donors (Lipinski definition) is 1. The first-order valence-electron chi connectivity index (χ1n) is 9.38. The van der Waals surface area contributed by atoms with Gasteiger partial charge in [0.1, 0.15) is 12.7 Å². The molecule has 0 saturated heterocycles. The van der Waals surface area contributed by atoms with Gasteiger partial charge in [-0.2, -0.15) is 23.3 Å². The fourth-order valence-corrected chi connectivity index (χ4v) is 3.45. The molecule has 166 valence electrons. The predicted molar refractivity (Wildman–Crippen MR) is 109 cm³/mol. The lowest BCUT2D eigenvalue weighted by Crippen LogP contribution is -2.16. The highest BCUT2D eigenvalue weighted by Crippen LogP contribution is 2.27. The van der Waals surface area contributed by atoms with Crippen LogP contribution in [0.15, 0.2) is 30.9 Å². The third-order valence-corrected chi connectivity index (χ3v) is 5.04. The Morgan fingerprint density at radius 3 is 2.69 bits per heavy atom. The summed E-state index contributed by atoms with van der Waals surface area (Å²) < 4.78 is 41.4. The van der Waals surface area contributed by atoms with Crippen LogP contribution >= 0.6 is 11.6 Å². The summed E-state index contributed by atoms with van der Waals surface area (Å²) in [7, 11) is 0. The van der Waals surface area contributed by atoms with Crippen molar-refractivity contribution in [3.63, 3.8) is 0 Å². The van der Waals surface area contributed by atoms with Gasteiger partial charge in [0.15, 0.2) is 0 Å². The molecular formula is C19H16ClF3N8O. The Kier molecular flexibility index (Phi) is 5.55. The summed E-state index contributed by atoms with van der Waals surface area (Å²) >= 11 is 6.07. The molecule has 9 nitrogen and oxygen atoms in total. The van der Waals surface area contributed by atoms with Crippen LogP contribution < -0.4 is 5.32 Å². The van der Waals surface area contributed by atoms with E-state index in [1.54, 1.807) is 32.0 Å². The molecule has 4 rings (SSSR count). The van der Waals surface area contributed by atoms with Gasteiger partial charge in [-0.25, -0.2) is 19.2 Å². The molecule has 0 aliphatic carbocycles. The van der Waals surface area contributed by atoms with Crippen LogP contribution in [0.3, 0.4) is 0 Å². The van der Waals surface area contributed by atoms with Crippen molar-refractivity contribution in [2.75, 3.05) is 5.32 Å². The van der Waals surface area contributed by atoms with E-state index in [-0.39, 0.29) is 24.5 Å². The average Bonchev–Trinajstić information content (AvgIpc) is 3.37. The zero-order valence-corrected chi connectivity index (χ0v) is 17.6. The van der Waals surface area contributed by atoms with Gasteiger partial charge in [-0.3, -0.25) is 4.79 Å². The fraction of sp³-hybridized carbons (Fsp3) is 0.263. The molecule has 3 aromatic heterocycles. The summed E-state index contributed by atoms with van der Waals surface area (Å²) in [5, 5.41) is 10.8. The third-order valence-electron chi connectivity index (χ3n) is 4.80. The molecule has 0 atom stereocenters. The summed E-state index contributed by atoms with van der Waals surface area (Å²) in [6.07, 6.45) is -1.53. The highest BCUT2D eigenvalue weighted by molar-refractivity contribution is 6.31. The summed E-state index contributed by atoms with van der Waals surface area (Å²) in [5.74, 6) is -1.72. The number of halogens is 4. The van der Waals surface area contributed by atoms with E-state index in [0.717, 1.165) is 4.52 Å². The molecule has 0 spiro atoms. The van der Waals surface area contributed by atoms with Crippen LogP contribution in [0.4, 0.5) is 18.9 Å². The minimum atomic E-state index is -4.67. The van der Waals surface area contributed by atoms with Crippen LogP contribution in [-0.4, -0.2) is 40.3 Å². The second kappa shape index (κ2) is 8.19. The summed E-state index contributed by atoms with van der Waals surface area (Å²) in [6, 6.07) is 4.95. The van der Waals surface area contributed by atoms with Crippen molar-refractivity contribution >= 4 is 29.0 Å². The van der Waals surface area contributed by atoms with E-state index in [4.69, 9.17) is 11.6 Å². The average molecular weight is 465 g/mol. The highest BCUT2D eigenvalue weighted by Gasteiger charge is 2.37. The lowest BCUT2D eigenvalue weighted by atomic mass is 10.1. The largest absolute Gasteiger partial charge is 0.453 e. The lowest BCUT2D eigenvalue weighted by Gasteiger charge is -2.13. The first-order valence-corrected chi connectivity index (χ1v) is 9.75. The molecule has 0 unspecified atom stereocenters. The van der Waals surface area contributed by atoms with Gasteiger partial charge in [0.25, 0.3) is 11.6 Å². The first-order chi connectivity index (χ1) is 15.1. The molecule has 13 heteroatoms. The number of aryl methyl sites for hydroxylation is 2. The van der Waals surface area contributed by atoms with Crippen molar-refractivity contribution in [3.05, 3.63) is 58.7 Å².